The van der Waals surface area contributed by atoms with Gasteiger partial charge >= 0.3 is 0 Å². The molecule has 20 heavy (non-hydrogen) atoms. The van der Waals surface area contributed by atoms with E-state index in [1.165, 1.54) is 25.7 Å². The fourth-order valence-electron chi connectivity index (χ4n) is 2.29. The van der Waals surface area contributed by atoms with Crippen LogP contribution in [-0.4, -0.2) is 17.8 Å². The van der Waals surface area contributed by atoms with Crippen LogP contribution in [0.4, 0.5) is 0 Å². The van der Waals surface area contributed by atoms with Crippen molar-refractivity contribution >= 4 is 0 Å². The molecule has 0 saturated carbocycles. The topological polar surface area (TPSA) is 41.5 Å². The predicted octanol–water partition coefficient (Wildman–Crippen LogP) is 4.24. The Bertz CT molecular complexity index is 379. The molecule has 0 amide bonds. The SMILES string of the molecule is CCCCCC(CC)NCc1ccc(O)c(OCC)c1. The van der Waals surface area contributed by atoms with Gasteiger partial charge in [0.2, 0.25) is 0 Å². The number of phenolic OH excluding ortho intramolecular Hbond substituents is 1. The van der Waals surface area contributed by atoms with Gasteiger partial charge < -0.3 is 15.2 Å². The first-order valence-electron chi connectivity index (χ1n) is 7.89. The molecule has 1 aromatic carbocycles. The van der Waals surface area contributed by atoms with Gasteiger partial charge in [0.1, 0.15) is 0 Å². The Morgan fingerprint density at radius 2 is 2.00 bits per heavy atom. The zero-order valence-electron chi connectivity index (χ0n) is 13.1. The van der Waals surface area contributed by atoms with Crippen molar-refractivity contribution in [3.05, 3.63) is 23.8 Å². The summed E-state index contributed by atoms with van der Waals surface area (Å²) >= 11 is 0. The molecule has 1 rings (SSSR count). The Kier molecular flexibility index (Phi) is 8.12. The van der Waals surface area contributed by atoms with E-state index < -0.39 is 0 Å². The van der Waals surface area contributed by atoms with Crippen LogP contribution in [0.1, 0.15) is 58.4 Å². The first kappa shape index (κ1) is 16.8. The summed E-state index contributed by atoms with van der Waals surface area (Å²) in [6.45, 7) is 7.78. The summed E-state index contributed by atoms with van der Waals surface area (Å²) in [5.41, 5.74) is 1.15. The van der Waals surface area contributed by atoms with Crippen LogP contribution in [0.5, 0.6) is 11.5 Å². The number of ether oxygens (including phenoxy) is 1. The van der Waals surface area contributed by atoms with E-state index in [2.05, 4.69) is 19.2 Å². The summed E-state index contributed by atoms with van der Waals surface area (Å²) in [7, 11) is 0. The lowest BCUT2D eigenvalue weighted by molar-refractivity contribution is 0.317. The highest BCUT2D eigenvalue weighted by Crippen LogP contribution is 2.26. The molecule has 0 aliphatic carbocycles. The second kappa shape index (κ2) is 9.65. The molecule has 0 fully saturated rings. The number of hydrogen-bond donors (Lipinski definition) is 2. The zero-order valence-corrected chi connectivity index (χ0v) is 13.1. The van der Waals surface area contributed by atoms with E-state index in [4.69, 9.17) is 4.74 Å². The maximum absolute atomic E-state index is 9.69. The lowest BCUT2D eigenvalue weighted by atomic mass is 10.1. The van der Waals surface area contributed by atoms with Gasteiger partial charge in [0.25, 0.3) is 0 Å². The Hall–Kier alpha value is -1.22. The fourth-order valence-corrected chi connectivity index (χ4v) is 2.29. The Morgan fingerprint density at radius 3 is 2.65 bits per heavy atom. The van der Waals surface area contributed by atoms with E-state index in [0.717, 1.165) is 18.5 Å². The zero-order chi connectivity index (χ0) is 14.8. The van der Waals surface area contributed by atoms with Gasteiger partial charge in [-0.25, -0.2) is 0 Å². The van der Waals surface area contributed by atoms with Crippen LogP contribution in [0.2, 0.25) is 0 Å². The number of hydrogen-bond acceptors (Lipinski definition) is 3. The van der Waals surface area contributed by atoms with E-state index >= 15 is 0 Å². The summed E-state index contributed by atoms with van der Waals surface area (Å²) in [4.78, 5) is 0. The monoisotopic (exact) mass is 279 g/mol. The van der Waals surface area contributed by atoms with Gasteiger partial charge in [-0.3, -0.25) is 0 Å². The van der Waals surface area contributed by atoms with Gasteiger partial charge in [0, 0.05) is 12.6 Å². The number of benzene rings is 1. The molecule has 0 bridgehead atoms. The van der Waals surface area contributed by atoms with Gasteiger partial charge in [0.05, 0.1) is 6.61 Å². The molecule has 2 N–H and O–H groups in total. The summed E-state index contributed by atoms with van der Waals surface area (Å²) in [5, 5.41) is 13.3. The molecule has 114 valence electrons. The van der Waals surface area contributed by atoms with E-state index in [-0.39, 0.29) is 5.75 Å². The number of nitrogens with one attached hydrogen (secondary N) is 1. The molecule has 1 unspecified atom stereocenters. The van der Waals surface area contributed by atoms with Crippen molar-refractivity contribution in [1.82, 2.24) is 5.32 Å². The fraction of sp³-hybridized carbons (Fsp3) is 0.647. The maximum Gasteiger partial charge on any atom is 0.161 e. The maximum atomic E-state index is 9.69. The quantitative estimate of drug-likeness (QED) is 0.629. The van der Waals surface area contributed by atoms with Crippen molar-refractivity contribution in [3.8, 4) is 11.5 Å². The van der Waals surface area contributed by atoms with Crippen molar-refractivity contribution in [2.75, 3.05) is 6.61 Å². The summed E-state index contributed by atoms with van der Waals surface area (Å²) in [6, 6.07) is 6.15. The van der Waals surface area contributed by atoms with Crippen molar-refractivity contribution in [1.29, 1.82) is 0 Å². The molecular formula is C17H29NO2. The van der Waals surface area contributed by atoms with E-state index in [9.17, 15) is 5.11 Å². The first-order valence-corrected chi connectivity index (χ1v) is 7.89. The minimum atomic E-state index is 0.214. The average molecular weight is 279 g/mol. The standard InChI is InChI=1S/C17H29NO2/c1-4-7-8-9-15(5-2)18-13-14-10-11-16(19)17(12-14)20-6-3/h10-12,15,18-19H,4-9,13H2,1-3H3. The molecule has 0 aromatic heterocycles. The highest BCUT2D eigenvalue weighted by molar-refractivity contribution is 5.41. The van der Waals surface area contributed by atoms with Gasteiger partial charge in [-0.15, -0.1) is 0 Å². The van der Waals surface area contributed by atoms with E-state index in [1.807, 2.05) is 19.1 Å². The second-order valence-electron chi connectivity index (χ2n) is 5.22. The Labute approximate surface area is 123 Å². The molecule has 3 heteroatoms. The van der Waals surface area contributed by atoms with Crippen molar-refractivity contribution < 1.29 is 9.84 Å². The minimum absolute atomic E-state index is 0.214. The van der Waals surface area contributed by atoms with Crippen molar-refractivity contribution in [2.45, 2.75) is 65.5 Å². The molecule has 0 aliphatic rings. The summed E-state index contributed by atoms with van der Waals surface area (Å²) in [6.07, 6.45) is 6.26. The second-order valence-corrected chi connectivity index (χ2v) is 5.22. The summed E-state index contributed by atoms with van der Waals surface area (Å²) in [5.74, 6) is 0.788. The van der Waals surface area contributed by atoms with Crippen LogP contribution in [-0.2, 0) is 6.54 Å². The van der Waals surface area contributed by atoms with E-state index in [1.54, 1.807) is 6.07 Å². The normalized spacial score (nSPS) is 12.3. The molecule has 1 atom stereocenters. The van der Waals surface area contributed by atoms with E-state index in [0.29, 0.717) is 18.4 Å². The van der Waals surface area contributed by atoms with Gasteiger partial charge in [0.15, 0.2) is 11.5 Å². The van der Waals surface area contributed by atoms with Crippen LogP contribution in [0.25, 0.3) is 0 Å². The predicted molar refractivity (Wildman–Crippen MR) is 84.3 cm³/mol. The molecule has 0 heterocycles. The number of phenols is 1. The Morgan fingerprint density at radius 1 is 1.20 bits per heavy atom. The van der Waals surface area contributed by atoms with Crippen LogP contribution in [0.15, 0.2) is 18.2 Å². The van der Waals surface area contributed by atoms with Crippen molar-refractivity contribution in [3.63, 3.8) is 0 Å². The van der Waals surface area contributed by atoms with Crippen molar-refractivity contribution in [2.24, 2.45) is 0 Å². The number of unbranched alkanes of at least 4 members (excludes halogenated alkanes) is 2. The highest BCUT2D eigenvalue weighted by atomic mass is 16.5. The lowest BCUT2D eigenvalue weighted by Crippen LogP contribution is -2.27. The van der Waals surface area contributed by atoms with Gasteiger partial charge in [-0.05, 0) is 37.5 Å². The average Bonchev–Trinajstić information content (AvgIpc) is 2.46. The van der Waals surface area contributed by atoms with Crippen LogP contribution < -0.4 is 10.1 Å². The molecule has 0 spiro atoms. The molecular weight excluding hydrogens is 250 g/mol. The number of aromatic hydroxyl groups is 1. The molecule has 1 aromatic rings. The highest BCUT2D eigenvalue weighted by Gasteiger charge is 2.07. The number of rotatable bonds is 10. The van der Waals surface area contributed by atoms with Gasteiger partial charge in [-0.2, -0.15) is 0 Å². The van der Waals surface area contributed by atoms with Crippen LogP contribution >= 0.6 is 0 Å². The molecule has 0 aliphatic heterocycles. The molecule has 0 saturated heterocycles. The summed E-state index contributed by atoms with van der Waals surface area (Å²) < 4.78 is 5.41. The molecule has 3 nitrogen and oxygen atoms in total. The third-order valence-electron chi connectivity index (χ3n) is 3.57. The van der Waals surface area contributed by atoms with Crippen LogP contribution in [0, 0.1) is 0 Å². The minimum Gasteiger partial charge on any atom is -0.504 e. The third-order valence-corrected chi connectivity index (χ3v) is 3.57. The Balaban J connectivity index is 2.48. The smallest absolute Gasteiger partial charge is 0.161 e. The first-order chi connectivity index (χ1) is 9.71. The molecule has 0 radical (unpaired) electrons. The largest absolute Gasteiger partial charge is 0.504 e. The third kappa shape index (κ3) is 5.83. The van der Waals surface area contributed by atoms with Crippen LogP contribution in [0.3, 0.4) is 0 Å². The lowest BCUT2D eigenvalue weighted by Gasteiger charge is -2.17. The van der Waals surface area contributed by atoms with Gasteiger partial charge in [-0.1, -0.05) is 39.2 Å².